The standard InChI is InChI=1S/C21H25FN2O4S/c1-4-23(5-2)29(26,27)19-14-16(11-12-18(19)28-3)21(25)24-13-7-9-15-8-6-10-17(22)20(15)24/h6,8,10-12,14H,4-5,7,9,13H2,1-3H3. The Morgan fingerprint density at radius 1 is 1.21 bits per heavy atom. The van der Waals surface area contributed by atoms with Gasteiger partial charge < -0.3 is 9.64 Å². The first-order valence-corrected chi connectivity index (χ1v) is 11.1. The van der Waals surface area contributed by atoms with Crippen LogP contribution in [0.4, 0.5) is 10.1 Å². The van der Waals surface area contributed by atoms with Crippen molar-refractivity contribution in [3.05, 3.63) is 53.3 Å². The Kier molecular flexibility index (Phi) is 6.24. The fraction of sp³-hybridized carbons (Fsp3) is 0.381. The van der Waals surface area contributed by atoms with Crippen LogP contribution in [0.5, 0.6) is 5.75 Å². The smallest absolute Gasteiger partial charge is 0.258 e. The molecular formula is C21H25FN2O4S. The van der Waals surface area contributed by atoms with Crippen molar-refractivity contribution in [2.45, 2.75) is 31.6 Å². The van der Waals surface area contributed by atoms with Gasteiger partial charge in [0.05, 0.1) is 12.8 Å². The van der Waals surface area contributed by atoms with Gasteiger partial charge >= 0.3 is 0 Å². The topological polar surface area (TPSA) is 66.9 Å². The van der Waals surface area contributed by atoms with Crippen LogP contribution in [0.1, 0.15) is 36.2 Å². The van der Waals surface area contributed by atoms with Crippen molar-refractivity contribution in [2.75, 3.05) is 31.6 Å². The fourth-order valence-electron chi connectivity index (χ4n) is 3.68. The number of rotatable bonds is 6. The Morgan fingerprint density at radius 2 is 1.93 bits per heavy atom. The van der Waals surface area contributed by atoms with Gasteiger partial charge in [-0.05, 0) is 42.7 Å². The number of carbonyl (C=O) groups is 1. The lowest BCUT2D eigenvalue weighted by atomic mass is 10.0. The number of methoxy groups -OCH3 is 1. The highest BCUT2D eigenvalue weighted by molar-refractivity contribution is 7.89. The molecule has 0 aromatic heterocycles. The number of benzene rings is 2. The second-order valence-corrected chi connectivity index (χ2v) is 8.67. The lowest BCUT2D eigenvalue weighted by Gasteiger charge is -2.30. The van der Waals surface area contributed by atoms with E-state index in [1.807, 2.05) is 6.07 Å². The summed E-state index contributed by atoms with van der Waals surface area (Å²) in [4.78, 5) is 14.5. The van der Waals surface area contributed by atoms with E-state index in [9.17, 15) is 17.6 Å². The number of hydrogen-bond acceptors (Lipinski definition) is 4. The predicted molar refractivity (Wildman–Crippen MR) is 109 cm³/mol. The van der Waals surface area contributed by atoms with E-state index < -0.39 is 21.7 Å². The Hall–Kier alpha value is -2.45. The molecule has 0 unspecified atom stereocenters. The highest BCUT2D eigenvalue weighted by Gasteiger charge is 2.30. The average molecular weight is 421 g/mol. The molecule has 0 atom stereocenters. The molecule has 1 amide bonds. The zero-order chi connectivity index (χ0) is 21.2. The minimum atomic E-state index is -3.84. The second-order valence-electron chi connectivity index (χ2n) is 6.76. The molecule has 0 spiro atoms. The van der Waals surface area contributed by atoms with Crippen LogP contribution >= 0.6 is 0 Å². The van der Waals surface area contributed by atoms with Gasteiger partial charge in [0.1, 0.15) is 16.5 Å². The van der Waals surface area contributed by atoms with E-state index in [0.717, 1.165) is 5.56 Å². The van der Waals surface area contributed by atoms with E-state index in [1.165, 1.54) is 40.6 Å². The molecule has 0 bridgehead atoms. The Morgan fingerprint density at radius 3 is 2.59 bits per heavy atom. The summed E-state index contributed by atoms with van der Waals surface area (Å²) in [6, 6.07) is 9.07. The largest absolute Gasteiger partial charge is 0.495 e. The maximum Gasteiger partial charge on any atom is 0.258 e. The number of carbonyl (C=O) groups excluding carboxylic acids is 1. The lowest BCUT2D eigenvalue weighted by molar-refractivity contribution is 0.0984. The van der Waals surface area contributed by atoms with Gasteiger partial charge in [-0.2, -0.15) is 4.31 Å². The van der Waals surface area contributed by atoms with Crippen molar-refractivity contribution in [1.82, 2.24) is 4.31 Å². The summed E-state index contributed by atoms with van der Waals surface area (Å²) in [5.41, 5.74) is 1.22. The second kappa shape index (κ2) is 8.51. The Labute approximate surface area is 170 Å². The molecule has 0 saturated heterocycles. The lowest BCUT2D eigenvalue weighted by Crippen LogP contribution is -2.36. The molecule has 29 heavy (non-hydrogen) atoms. The van der Waals surface area contributed by atoms with Crippen LogP contribution < -0.4 is 9.64 Å². The number of para-hydroxylation sites is 1. The van der Waals surface area contributed by atoms with Gasteiger partial charge in [-0.3, -0.25) is 4.79 Å². The van der Waals surface area contributed by atoms with E-state index in [1.54, 1.807) is 19.9 Å². The third kappa shape index (κ3) is 3.86. The van der Waals surface area contributed by atoms with Crippen LogP contribution in [0.25, 0.3) is 0 Å². The molecule has 2 aromatic rings. The number of nitrogens with zero attached hydrogens (tertiary/aromatic N) is 2. The van der Waals surface area contributed by atoms with E-state index in [2.05, 4.69) is 0 Å². The molecule has 6 nitrogen and oxygen atoms in total. The number of fused-ring (bicyclic) bond motifs is 1. The number of amides is 1. The van der Waals surface area contributed by atoms with Gasteiger partial charge in [-0.15, -0.1) is 0 Å². The molecule has 2 aromatic carbocycles. The van der Waals surface area contributed by atoms with Crippen molar-refractivity contribution in [3.63, 3.8) is 0 Å². The van der Waals surface area contributed by atoms with Gasteiger partial charge in [0.2, 0.25) is 10.0 Å². The van der Waals surface area contributed by atoms with Crippen LogP contribution in [0.15, 0.2) is 41.3 Å². The van der Waals surface area contributed by atoms with E-state index >= 15 is 0 Å². The first-order chi connectivity index (χ1) is 13.8. The minimum Gasteiger partial charge on any atom is -0.495 e. The van der Waals surface area contributed by atoms with Crippen LogP contribution in [-0.4, -0.2) is 45.4 Å². The van der Waals surface area contributed by atoms with Crippen LogP contribution in [0.2, 0.25) is 0 Å². The molecule has 1 heterocycles. The summed E-state index contributed by atoms with van der Waals surface area (Å²) >= 11 is 0. The van der Waals surface area contributed by atoms with Crippen molar-refractivity contribution in [2.24, 2.45) is 0 Å². The maximum atomic E-state index is 14.5. The number of anilines is 1. The first-order valence-electron chi connectivity index (χ1n) is 9.62. The third-order valence-corrected chi connectivity index (χ3v) is 7.22. The van der Waals surface area contributed by atoms with Gasteiger partial charge in [0.25, 0.3) is 5.91 Å². The summed E-state index contributed by atoms with van der Waals surface area (Å²) in [7, 11) is -2.45. The highest BCUT2D eigenvalue weighted by atomic mass is 32.2. The number of ether oxygens (including phenoxy) is 1. The number of aryl methyl sites for hydroxylation is 1. The van der Waals surface area contributed by atoms with Crippen LogP contribution in [0.3, 0.4) is 0 Å². The zero-order valence-corrected chi connectivity index (χ0v) is 17.6. The normalized spacial score (nSPS) is 14.0. The number of hydrogen-bond donors (Lipinski definition) is 0. The summed E-state index contributed by atoms with van der Waals surface area (Å²) in [6.07, 6.45) is 1.41. The van der Waals surface area contributed by atoms with Gasteiger partial charge in [-0.25, -0.2) is 12.8 Å². The van der Waals surface area contributed by atoms with Crippen molar-refractivity contribution < 1.29 is 22.3 Å². The van der Waals surface area contributed by atoms with Gasteiger partial charge in [0, 0.05) is 25.2 Å². The van der Waals surface area contributed by atoms with E-state index in [4.69, 9.17) is 4.74 Å². The molecule has 0 aliphatic carbocycles. The monoisotopic (exact) mass is 420 g/mol. The molecular weight excluding hydrogens is 395 g/mol. The molecule has 0 radical (unpaired) electrons. The van der Waals surface area contributed by atoms with Gasteiger partial charge in [-0.1, -0.05) is 26.0 Å². The molecule has 1 aliphatic rings. The molecule has 3 rings (SSSR count). The zero-order valence-electron chi connectivity index (χ0n) is 16.8. The predicted octanol–water partition coefficient (Wildman–Crippen LogP) is 3.46. The van der Waals surface area contributed by atoms with Crippen molar-refractivity contribution in [3.8, 4) is 5.75 Å². The summed E-state index contributed by atoms with van der Waals surface area (Å²) in [6.45, 7) is 4.46. The maximum absolute atomic E-state index is 14.5. The van der Waals surface area contributed by atoms with E-state index in [0.29, 0.717) is 32.5 Å². The van der Waals surface area contributed by atoms with Gasteiger partial charge in [0.15, 0.2) is 0 Å². The summed E-state index contributed by atoms with van der Waals surface area (Å²) < 4.78 is 47.1. The van der Waals surface area contributed by atoms with Crippen LogP contribution in [-0.2, 0) is 16.4 Å². The van der Waals surface area contributed by atoms with E-state index in [-0.39, 0.29) is 21.9 Å². The first kappa shape index (κ1) is 21.3. The summed E-state index contributed by atoms with van der Waals surface area (Å²) in [5.74, 6) is -0.728. The molecule has 0 N–H and O–H groups in total. The number of halogens is 1. The quantitative estimate of drug-likeness (QED) is 0.718. The van der Waals surface area contributed by atoms with Crippen LogP contribution in [0, 0.1) is 5.82 Å². The molecule has 1 aliphatic heterocycles. The van der Waals surface area contributed by atoms with Crippen molar-refractivity contribution >= 4 is 21.6 Å². The average Bonchev–Trinajstić information content (AvgIpc) is 2.73. The Bertz CT molecular complexity index is 1020. The molecule has 156 valence electrons. The number of sulfonamides is 1. The third-order valence-electron chi connectivity index (χ3n) is 5.15. The van der Waals surface area contributed by atoms with Crippen molar-refractivity contribution in [1.29, 1.82) is 0 Å². The fourth-order valence-corrected chi connectivity index (χ4v) is 5.32. The Balaban J connectivity index is 2.07. The molecule has 8 heteroatoms. The molecule has 0 fully saturated rings. The SMILES string of the molecule is CCN(CC)S(=O)(=O)c1cc(C(=O)N2CCCc3cccc(F)c32)ccc1OC. The minimum absolute atomic E-state index is 0.0692. The highest BCUT2D eigenvalue weighted by Crippen LogP contribution is 2.33. The molecule has 0 saturated carbocycles. The summed E-state index contributed by atoms with van der Waals surface area (Å²) in [5, 5.41) is 0.